The summed E-state index contributed by atoms with van der Waals surface area (Å²) in [7, 11) is 1.71. The Morgan fingerprint density at radius 3 is 2.37 bits per heavy atom. The van der Waals surface area contributed by atoms with Crippen LogP contribution in [0, 0.1) is 17.8 Å². The standard InChI is InChI=1S/C41H62O11/c1-21-14-27-6-8-31-22(2)15-29(46-31)10-12-41-13-11-33(51-41)38-39(45-5)40(52-41)37-32(50-38)9-7-28(48-37)16-25(43)17-30-24(4)34(18-26(44)20-42)49-36(30)19-35(47-27)23(21)3/h21,24,26-40,42,44H,2-3,6-20H2,1,4-5H3/t21-,24-,26+,27-,28-,29+,30?,31?,32+,33+,34-,35?,36+,37+,38+,39-,40+,41+/m1/s1. The third-order valence-corrected chi connectivity index (χ3v) is 14.0. The van der Waals surface area contributed by atoms with E-state index >= 15 is 0 Å². The number of ether oxygens (including phenoxy) is 8. The fourth-order valence-corrected chi connectivity index (χ4v) is 11.0. The van der Waals surface area contributed by atoms with Gasteiger partial charge in [0.2, 0.25) is 0 Å². The molecule has 8 rings (SSSR count). The van der Waals surface area contributed by atoms with E-state index in [1.54, 1.807) is 7.11 Å². The van der Waals surface area contributed by atoms with E-state index in [9.17, 15) is 15.0 Å². The molecule has 2 N–H and O–H groups in total. The van der Waals surface area contributed by atoms with Crippen molar-refractivity contribution in [3.63, 3.8) is 0 Å². The second-order valence-corrected chi connectivity index (χ2v) is 17.5. The van der Waals surface area contributed by atoms with Gasteiger partial charge in [-0.2, -0.15) is 0 Å². The van der Waals surface area contributed by atoms with Gasteiger partial charge in [0, 0.05) is 45.6 Å². The van der Waals surface area contributed by atoms with E-state index in [4.69, 9.17) is 37.9 Å². The van der Waals surface area contributed by atoms with E-state index in [1.165, 1.54) is 0 Å². The molecule has 52 heavy (non-hydrogen) atoms. The highest BCUT2D eigenvalue weighted by Crippen LogP contribution is 2.50. The summed E-state index contributed by atoms with van der Waals surface area (Å²) in [6.07, 6.45) is 6.37. The summed E-state index contributed by atoms with van der Waals surface area (Å²) in [5, 5.41) is 20.0. The molecule has 8 aliphatic heterocycles. The van der Waals surface area contributed by atoms with Crippen LogP contribution in [0.2, 0.25) is 0 Å². The maximum atomic E-state index is 14.0. The summed E-state index contributed by atoms with van der Waals surface area (Å²) < 4.78 is 53.6. The van der Waals surface area contributed by atoms with Crippen molar-refractivity contribution >= 4 is 5.78 Å². The van der Waals surface area contributed by atoms with E-state index in [0.717, 1.165) is 68.9 Å². The molecule has 3 unspecified atom stereocenters. The minimum atomic E-state index is -0.876. The lowest BCUT2D eigenvalue weighted by Crippen LogP contribution is -2.64. The number of ketones is 1. The van der Waals surface area contributed by atoms with Gasteiger partial charge in [0.15, 0.2) is 5.79 Å². The van der Waals surface area contributed by atoms with Gasteiger partial charge in [-0.15, -0.1) is 0 Å². The minimum absolute atomic E-state index is 0.0120. The molecule has 8 aliphatic rings. The molecule has 11 heteroatoms. The Kier molecular flexibility index (Phi) is 11.1. The molecule has 0 amide bonds. The van der Waals surface area contributed by atoms with Crippen LogP contribution >= 0.6 is 0 Å². The van der Waals surface area contributed by atoms with Crippen molar-refractivity contribution in [1.29, 1.82) is 0 Å². The van der Waals surface area contributed by atoms with Crippen molar-refractivity contribution in [2.24, 2.45) is 17.8 Å². The molecule has 8 heterocycles. The number of aliphatic hydroxyl groups excluding tert-OH is 2. The third kappa shape index (κ3) is 7.38. The molecule has 1 spiro atoms. The highest BCUT2D eigenvalue weighted by molar-refractivity contribution is 5.79. The molecule has 8 fully saturated rings. The predicted molar refractivity (Wildman–Crippen MR) is 189 cm³/mol. The van der Waals surface area contributed by atoms with E-state index < -0.39 is 11.9 Å². The minimum Gasteiger partial charge on any atom is -0.394 e. The number of carbonyl (C=O) groups is 1. The highest BCUT2D eigenvalue weighted by atomic mass is 16.7. The van der Waals surface area contributed by atoms with E-state index in [2.05, 4.69) is 27.0 Å². The van der Waals surface area contributed by atoms with Crippen LogP contribution in [0.1, 0.15) is 104 Å². The number of Topliss-reactive ketones (excluding diaryl/α,β-unsaturated/α-hetero) is 1. The molecular weight excluding hydrogens is 668 g/mol. The van der Waals surface area contributed by atoms with Crippen LogP contribution in [0.5, 0.6) is 0 Å². The van der Waals surface area contributed by atoms with E-state index in [-0.39, 0.29) is 104 Å². The molecule has 0 aromatic heterocycles. The molecule has 18 atom stereocenters. The lowest BCUT2D eigenvalue weighted by atomic mass is 9.78. The number of hydrogen-bond donors (Lipinski definition) is 2. The van der Waals surface area contributed by atoms with Gasteiger partial charge in [-0.25, -0.2) is 0 Å². The zero-order valence-electron chi connectivity index (χ0n) is 31.4. The van der Waals surface area contributed by atoms with Gasteiger partial charge in [0.25, 0.3) is 0 Å². The summed E-state index contributed by atoms with van der Waals surface area (Å²) in [4.78, 5) is 14.0. The first-order chi connectivity index (χ1) is 25.0. The Morgan fingerprint density at radius 2 is 1.56 bits per heavy atom. The first-order valence-electron chi connectivity index (χ1n) is 20.4. The van der Waals surface area contributed by atoms with Gasteiger partial charge in [-0.3, -0.25) is 4.79 Å². The van der Waals surface area contributed by atoms with Crippen LogP contribution < -0.4 is 0 Å². The van der Waals surface area contributed by atoms with Crippen molar-refractivity contribution < 1.29 is 52.9 Å². The monoisotopic (exact) mass is 730 g/mol. The average Bonchev–Trinajstić information content (AvgIpc) is 3.77. The summed E-state index contributed by atoms with van der Waals surface area (Å²) in [6.45, 7) is 12.9. The Balaban J connectivity index is 1.06. The molecule has 0 aliphatic carbocycles. The molecule has 8 saturated heterocycles. The molecule has 0 saturated carbocycles. The molecule has 0 aromatic carbocycles. The largest absolute Gasteiger partial charge is 0.394 e. The quantitative estimate of drug-likeness (QED) is 0.390. The average molecular weight is 731 g/mol. The lowest BCUT2D eigenvalue weighted by molar-refractivity contribution is -0.302. The number of carbonyl (C=O) groups excluding carboxylic acids is 1. The Morgan fingerprint density at radius 1 is 0.788 bits per heavy atom. The smallest absolute Gasteiger partial charge is 0.169 e. The van der Waals surface area contributed by atoms with Gasteiger partial charge in [0.1, 0.15) is 30.2 Å². The van der Waals surface area contributed by atoms with Gasteiger partial charge in [-0.1, -0.05) is 27.0 Å². The van der Waals surface area contributed by atoms with Crippen molar-refractivity contribution in [3.8, 4) is 0 Å². The first kappa shape index (κ1) is 37.7. The summed E-state index contributed by atoms with van der Waals surface area (Å²) >= 11 is 0. The number of methoxy groups -OCH3 is 1. The van der Waals surface area contributed by atoms with Gasteiger partial charge >= 0.3 is 0 Å². The SMILES string of the molecule is C=C1C[C@@H]2CC[C@]34CC[C@H](O3)[C@@H]3O[C@H]5CC[C@H](CC(=O)CC6[C@H](CC7O[C@H](CCC1O2)C[C@@H](C)C7=C)O[C@H](C[C@H](O)CO)[C@@H]6C)O[C@@H]5[C@H](O4)[C@@H]3OC. The molecule has 11 nitrogen and oxygen atoms in total. The van der Waals surface area contributed by atoms with Crippen LogP contribution in [-0.2, 0) is 42.7 Å². The number of rotatable bonds is 4. The molecule has 0 aromatic rings. The van der Waals surface area contributed by atoms with E-state index in [0.29, 0.717) is 38.0 Å². The molecule has 0 radical (unpaired) electrons. The third-order valence-electron chi connectivity index (χ3n) is 14.0. The fourth-order valence-electron chi connectivity index (χ4n) is 11.0. The fraction of sp³-hybridized carbons (Fsp3) is 0.878. The summed E-state index contributed by atoms with van der Waals surface area (Å²) in [5.41, 5.74) is 2.21. The maximum Gasteiger partial charge on any atom is 0.169 e. The molecule has 10 bridgehead atoms. The Hall–Kier alpha value is -1.25. The first-order valence-corrected chi connectivity index (χ1v) is 20.4. The van der Waals surface area contributed by atoms with Crippen LogP contribution in [0.15, 0.2) is 24.3 Å². The van der Waals surface area contributed by atoms with Gasteiger partial charge in [0.05, 0.1) is 67.6 Å². The maximum absolute atomic E-state index is 14.0. The summed E-state index contributed by atoms with van der Waals surface area (Å²) in [5.74, 6) is -0.377. The summed E-state index contributed by atoms with van der Waals surface area (Å²) in [6, 6.07) is 0. The van der Waals surface area contributed by atoms with Crippen LogP contribution in [0.25, 0.3) is 0 Å². The number of fused-ring (bicyclic) bond motifs is 9. The number of aliphatic hydroxyl groups is 2. The lowest BCUT2D eigenvalue weighted by Gasteiger charge is -2.50. The van der Waals surface area contributed by atoms with Crippen molar-refractivity contribution in [2.45, 2.75) is 195 Å². The highest BCUT2D eigenvalue weighted by Gasteiger charge is 2.61. The van der Waals surface area contributed by atoms with E-state index in [1.807, 2.05) is 0 Å². The topological polar surface area (TPSA) is 131 Å². The van der Waals surface area contributed by atoms with Gasteiger partial charge < -0.3 is 48.1 Å². The second kappa shape index (κ2) is 15.4. The zero-order valence-corrected chi connectivity index (χ0v) is 31.4. The Labute approximate surface area is 309 Å². The number of hydrogen-bond acceptors (Lipinski definition) is 11. The van der Waals surface area contributed by atoms with Crippen molar-refractivity contribution in [1.82, 2.24) is 0 Å². The van der Waals surface area contributed by atoms with Crippen LogP contribution in [0.3, 0.4) is 0 Å². The predicted octanol–water partition coefficient (Wildman–Crippen LogP) is 4.73. The van der Waals surface area contributed by atoms with Crippen molar-refractivity contribution in [2.75, 3.05) is 13.7 Å². The normalized spacial score (nSPS) is 50.4. The molecular formula is C41H62O11. The zero-order chi connectivity index (χ0) is 36.3. The second-order valence-electron chi connectivity index (χ2n) is 17.5. The van der Waals surface area contributed by atoms with Crippen molar-refractivity contribution in [3.05, 3.63) is 24.3 Å². The van der Waals surface area contributed by atoms with Gasteiger partial charge in [-0.05, 0) is 80.3 Å². The molecule has 292 valence electrons. The Bertz CT molecular complexity index is 1320. The van der Waals surface area contributed by atoms with Crippen LogP contribution in [-0.4, -0.2) is 121 Å². The van der Waals surface area contributed by atoms with Crippen LogP contribution in [0.4, 0.5) is 0 Å².